The van der Waals surface area contributed by atoms with Crippen LogP contribution in [0.5, 0.6) is 0 Å². The molecule has 0 fully saturated rings. The highest BCUT2D eigenvalue weighted by Crippen LogP contribution is 2.16. The molecular formula is C20H39NO3. The van der Waals surface area contributed by atoms with Crippen molar-refractivity contribution >= 4 is 5.97 Å². The zero-order valence-corrected chi connectivity index (χ0v) is 16.1. The van der Waals surface area contributed by atoms with E-state index in [0.717, 1.165) is 64.5 Å². The number of aliphatic hydroxyl groups is 1. The van der Waals surface area contributed by atoms with Gasteiger partial charge in [-0.3, -0.25) is 0 Å². The van der Waals surface area contributed by atoms with Crippen molar-refractivity contribution in [3.8, 4) is 0 Å². The molecule has 1 unspecified atom stereocenters. The molecule has 0 aliphatic rings. The van der Waals surface area contributed by atoms with Crippen molar-refractivity contribution in [1.29, 1.82) is 0 Å². The molecule has 0 saturated heterocycles. The molecule has 0 aromatic heterocycles. The molecule has 0 aromatic rings. The molecule has 0 aliphatic heterocycles. The number of aliphatic hydroxyl groups excluding tert-OH is 1. The average Bonchev–Trinajstić information content (AvgIpc) is 2.51. The van der Waals surface area contributed by atoms with Crippen molar-refractivity contribution < 1.29 is 19.5 Å². The molecule has 4 heteroatoms. The number of aliphatic carboxylic acids is 1. The van der Waals surface area contributed by atoms with Gasteiger partial charge in [-0.2, -0.15) is 0 Å². The van der Waals surface area contributed by atoms with Crippen LogP contribution in [-0.4, -0.2) is 47.8 Å². The summed E-state index contributed by atoms with van der Waals surface area (Å²) in [4.78, 5) is 11.3. The molecule has 24 heavy (non-hydrogen) atoms. The Hall–Kier alpha value is -0.870. The minimum atomic E-state index is -0.999. The van der Waals surface area contributed by atoms with Gasteiger partial charge in [-0.1, -0.05) is 45.8 Å². The Kier molecular flexibility index (Phi) is 13.9. The smallest absolute Gasteiger partial charge is 0.119 e. The van der Waals surface area contributed by atoms with Crippen LogP contribution in [0.4, 0.5) is 0 Å². The maximum atomic E-state index is 11.3. The van der Waals surface area contributed by atoms with Crippen LogP contribution in [-0.2, 0) is 4.79 Å². The Morgan fingerprint density at radius 1 is 1.04 bits per heavy atom. The molecule has 4 nitrogen and oxygen atoms in total. The molecule has 0 heterocycles. The molecule has 0 radical (unpaired) electrons. The van der Waals surface area contributed by atoms with Crippen LogP contribution < -0.4 is 5.11 Å². The van der Waals surface area contributed by atoms with Gasteiger partial charge < -0.3 is 19.5 Å². The monoisotopic (exact) mass is 341 g/mol. The summed E-state index contributed by atoms with van der Waals surface area (Å²) in [6, 6.07) is 0. The zero-order chi connectivity index (χ0) is 18.3. The van der Waals surface area contributed by atoms with Crippen molar-refractivity contribution in [3.63, 3.8) is 0 Å². The van der Waals surface area contributed by atoms with Gasteiger partial charge in [0, 0.05) is 0 Å². The fourth-order valence-corrected chi connectivity index (χ4v) is 3.30. The molecule has 0 amide bonds. The Morgan fingerprint density at radius 3 is 2.08 bits per heavy atom. The molecular weight excluding hydrogens is 302 g/mol. The average molecular weight is 342 g/mol. The van der Waals surface area contributed by atoms with E-state index >= 15 is 0 Å². The van der Waals surface area contributed by atoms with Crippen molar-refractivity contribution in [2.75, 3.05) is 26.2 Å². The van der Waals surface area contributed by atoms with Crippen LogP contribution in [0.25, 0.3) is 0 Å². The first-order valence-corrected chi connectivity index (χ1v) is 9.87. The maximum Gasteiger partial charge on any atom is 0.119 e. The van der Waals surface area contributed by atoms with E-state index in [0.29, 0.717) is 17.4 Å². The lowest BCUT2D eigenvalue weighted by atomic mass is 10.1. The van der Waals surface area contributed by atoms with E-state index in [-0.39, 0.29) is 6.54 Å². The van der Waals surface area contributed by atoms with Crippen LogP contribution >= 0.6 is 0 Å². The van der Waals surface area contributed by atoms with Gasteiger partial charge in [-0.25, -0.2) is 0 Å². The minimum Gasteiger partial charge on any atom is -0.544 e. The molecule has 1 N–H and O–H groups in total. The number of hydrogen-bond acceptors (Lipinski definition) is 3. The Bertz CT molecular complexity index is 332. The van der Waals surface area contributed by atoms with Gasteiger partial charge >= 0.3 is 0 Å². The summed E-state index contributed by atoms with van der Waals surface area (Å²) in [7, 11) is 0. The molecule has 0 bridgehead atoms. The van der Waals surface area contributed by atoms with Gasteiger partial charge in [0.05, 0.1) is 19.1 Å². The van der Waals surface area contributed by atoms with E-state index in [1.54, 1.807) is 0 Å². The highest BCUT2D eigenvalue weighted by Gasteiger charge is 2.29. The number of quaternary nitrogens is 1. The third kappa shape index (κ3) is 11.6. The largest absolute Gasteiger partial charge is 0.544 e. The van der Waals surface area contributed by atoms with E-state index in [1.165, 1.54) is 0 Å². The number of nitrogens with zero attached hydrogens (tertiary/aromatic N) is 1. The van der Waals surface area contributed by atoms with Crippen LogP contribution in [0, 0.1) is 0 Å². The number of hydrogen-bond donors (Lipinski definition) is 1. The first-order chi connectivity index (χ1) is 11.5. The highest BCUT2D eigenvalue weighted by molar-refractivity contribution is 5.65. The summed E-state index contributed by atoms with van der Waals surface area (Å²) in [5, 5.41) is 21.8. The van der Waals surface area contributed by atoms with E-state index < -0.39 is 12.1 Å². The highest BCUT2D eigenvalue weighted by atomic mass is 16.4. The third-order valence-corrected chi connectivity index (χ3v) is 4.60. The maximum absolute atomic E-state index is 11.3. The van der Waals surface area contributed by atoms with Crippen molar-refractivity contribution in [2.24, 2.45) is 0 Å². The van der Waals surface area contributed by atoms with Gasteiger partial charge in [0.2, 0.25) is 0 Å². The van der Waals surface area contributed by atoms with Crippen LogP contribution in [0.15, 0.2) is 12.2 Å². The lowest BCUT2D eigenvalue weighted by Gasteiger charge is -2.40. The number of carboxylic acid groups (broad SMARTS) is 1. The Balaban J connectivity index is 4.84. The Morgan fingerprint density at radius 2 is 1.62 bits per heavy atom. The molecule has 142 valence electrons. The summed E-state index contributed by atoms with van der Waals surface area (Å²) in [6.45, 7) is 8.60. The minimum absolute atomic E-state index is 0.0231. The van der Waals surface area contributed by atoms with Gasteiger partial charge in [-0.15, -0.1) is 0 Å². The number of carbonyl (C=O) groups is 1. The van der Waals surface area contributed by atoms with Crippen molar-refractivity contribution in [3.05, 3.63) is 12.2 Å². The van der Waals surface area contributed by atoms with E-state index in [9.17, 15) is 15.0 Å². The first kappa shape index (κ1) is 23.1. The van der Waals surface area contributed by atoms with Crippen molar-refractivity contribution in [1.82, 2.24) is 0 Å². The molecule has 0 aromatic carbocycles. The Labute approximate surface area is 149 Å². The van der Waals surface area contributed by atoms with E-state index in [2.05, 4.69) is 32.9 Å². The number of carboxylic acids is 1. The van der Waals surface area contributed by atoms with Crippen LogP contribution in [0.1, 0.15) is 78.6 Å². The fraction of sp³-hybridized carbons (Fsp3) is 0.850. The summed E-state index contributed by atoms with van der Waals surface area (Å²) in [5.41, 5.74) is 0. The second kappa shape index (κ2) is 14.5. The topological polar surface area (TPSA) is 60.4 Å². The quantitative estimate of drug-likeness (QED) is 0.267. The van der Waals surface area contributed by atoms with E-state index in [4.69, 9.17) is 0 Å². The molecule has 0 saturated carbocycles. The SMILES string of the molecule is CC/C=C/CCC(O)C[N+](CCCCC)(CCCCC)CC(=O)[O-]. The number of unbranched alkanes of at least 4 members (excludes halogenated alkanes) is 4. The molecule has 0 rings (SSSR count). The predicted octanol–water partition coefficient (Wildman–Crippen LogP) is 3.04. The molecule has 0 aliphatic carbocycles. The second-order valence-electron chi connectivity index (χ2n) is 7.03. The summed E-state index contributed by atoms with van der Waals surface area (Å²) >= 11 is 0. The first-order valence-electron chi connectivity index (χ1n) is 9.87. The van der Waals surface area contributed by atoms with Gasteiger partial charge in [0.15, 0.2) is 0 Å². The normalized spacial score (nSPS) is 13.5. The zero-order valence-electron chi connectivity index (χ0n) is 16.1. The number of rotatable bonds is 16. The summed E-state index contributed by atoms with van der Waals surface area (Å²) in [5.74, 6) is -0.999. The summed E-state index contributed by atoms with van der Waals surface area (Å²) < 4.78 is 0.473. The van der Waals surface area contributed by atoms with Gasteiger partial charge in [-0.05, 0) is 44.9 Å². The number of carbonyl (C=O) groups excluding carboxylic acids is 1. The van der Waals surface area contributed by atoms with Crippen LogP contribution in [0.2, 0.25) is 0 Å². The van der Waals surface area contributed by atoms with Crippen molar-refractivity contribution in [2.45, 2.75) is 84.7 Å². The third-order valence-electron chi connectivity index (χ3n) is 4.60. The van der Waals surface area contributed by atoms with E-state index in [1.807, 2.05) is 0 Å². The number of allylic oxidation sites excluding steroid dienone is 2. The lowest BCUT2D eigenvalue weighted by molar-refractivity contribution is -0.926. The lowest BCUT2D eigenvalue weighted by Crippen LogP contribution is -2.58. The standard InChI is InChI=1S/C20H39NO3/c1-4-7-10-11-14-19(22)17-21(18-20(23)24,15-12-8-5-2)16-13-9-6-3/h7,10,19,22H,4-6,8-9,11-18H2,1-3H3/b10-7+. The second-order valence-corrected chi connectivity index (χ2v) is 7.03. The van der Waals surface area contributed by atoms with Gasteiger partial charge in [0.1, 0.15) is 19.2 Å². The summed E-state index contributed by atoms with van der Waals surface area (Å²) in [6.07, 6.45) is 12.8. The molecule has 0 spiro atoms. The van der Waals surface area contributed by atoms with Gasteiger partial charge in [0.25, 0.3) is 0 Å². The molecule has 1 atom stereocenters. The fourth-order valence-electron chi connectivity index (χ4n) is 3.30. The van der Waals surface area contributed by atoms with Crippen LogP contribution in [0.3, 0.4) is 0 Å². The predicted molar refractivity (Wildman–Crippen MR) is 98.5 cm³/mol.